The molecule has 1 aromatic carbocycles. The van der Waals surface area contributed by atoms with E-state index in [0.29, 0.717) is 18.6 Å². The first kappa shape index (κ1) is 14.2. The predicted molar refractivity (Wildman–Crippen MR) is 69.4 cm³/mol. The summed E-state index contributed by atoms with van der Waals surface area (Å²) >= 11 is 0. The van der Waals surface area contributed by atoms with Crippen molar-refractivity contribution in [3.63, 3.8) is 0 Å². The van der Waals surface area contributed by atoms with Crippen LogP contribution in [0, 0.1) is 0 Å². The molecule has 0 radical (unpaired) electrons. The lowest BCUT2D eigenvalue weighted by Gasteiger charge is -2.08. The van der Waals surface area contributed by atoms with Crippen LogP contribution in [0.3, 0.4) is 0 Å². The molecule has 0 atom stereocenters. The molecule has 4 nitrogen and oxygen atoms in total. The summed E-state index contributed by atoms with van der Waals surface area (Å²) in [6.45, 7) is 5.96. The van der Waals surface area contributed by atoms with Crippen molar-refractivity contribution in [2.75, 3.05) is 6.61 Å². The Bertz CT molecular complexity index is 410. The number of hydrogen-bond donors (Lipinski definition) is 1. The van der Waals surface area contributed by atoms with E-state index >= 15 is 0 Å². The van der Waals surface area contributed by atoms with Crippen LogP contribution >= 0.6 is 0 Å². The highest BCUT2D eigenvalue weighted by Crippen LogP contribution is 2.07. The Hall–Kier alpha value is -1.84. The smallest absolute Gasteiger partial charge is 0.338 e. The number of hydrogen-bond acceptors (Lipinski definition) is 3. The van der Waals surface area contributed by atoms with Crippen LogP contribution in [0.1, 0.15) is 36.7 Å². The lowest BCUT2D eigenvalue weighted by Crippen LogP contribution is -2.31. The van der Waals surface area contributed by atoms with Gasteiger partial charge in [-0.25, -0.2) is 4.79 Å². The Kier molecular flexibility index (Phi) is 5.36. The molecule has 1 rings (SSSR count). The molecule has 1 aromatic rings. The number of rotatable bonds is 5. The molecule has 0 aromatic heterocycles. The fourth-order valence-corrected chi connectivity index (χ4v) is 1.53. The Morgan fingerprint density at radius 3 is 2.33 bits per heavy atom. The average Bonchev–Trinajstić information content (AvgIpc) is 2.29. The second-order valence-electron chi connectivity index (χ2n) is 4.32. The van der Waals surface area contributed by atoms with Gasteiger partial charge in [-0.1, -0.05) is 12.1 Å². The fourth-order valence-electron chi connectivity index (χ4n) is 1.53. The van der Waals surface area contributed by atoms with Gasteiger partial charge in [0, 0.05) is 6.04 Å². The van der Waals surface area contributed by atoms with Crippen molar-refractivity contribution in [1.82, 2.24) is 5.32 Å². The zero-order chi connectivity index (χ0) is 13.5. The Balaban J connectivity index is 2.60. The van der Waals surface area contributed by atoms with Crippen LogP contribution < -0.4 is 5.32 Å². The number of carbonyl (C=O) groups is 2. The molecule has 0 saturated carbocycles. The van der Waals surface area contributed by atoms with Crippen molar-refractivity contribution in [2.45, 2.75) is 33.2 Å². The van der Waals surface area contributed by atoms with Gasteiger partial charge in [0.25, 0.3) is 0 Å². The number of benzene rings is 1. The Morgan fingerprint density at radius 2 is 1.83 bits per heavy atom. The van der Waals surface area contributed by atoms with Gasteiger partial charge >= 0.3 is 5.97 Å². The molecule has 0 heterocycles. The molecular weight excluding hydrogens is 230 g/mol. The third-order valence-electron chi connectivity index (χ3n) is 2.28. The van der Waals surface area contributed by atoms with E-state index in [9.17, 15) is 9.59 Å². The van der Waals surface area contributed by atoms with Crippen molar-refractivity contribution < 1.29 is 14.3 Å². The normalized spacial score (nSPS) is 10.2. The van der Waals surface area contributed by atoms with Gasteiger partial charge < -0.3 is 10.1 Å². The van der Waals surface area contributed by atoms with Crippen molar-refractivity contribution >= 4 is 11.9 Å². The summed E-state index contributed by atoms with van der Waals surface area (Å²) < 4.78 is 4.88. The van der Waals surface area contributed by atoms with Crippen LogP contribution in [0.15, 0.2) is 24.3 Å². The van der Waals surface area contributed by atoms with Crippen LogP contribution in [0.2, 0.25) is 0 Å². The maximum absolute atomic E-state index is 11.5. The van der Waals surface area contributed by atoms with Gasteiger partial charge in [0.05, 0.1) is 18.6 Å². The molecular formula is C14H19NO3. The number of carbonyl (C=O) groups excluding carboxylic acids is 2. The SMILES string of the molecule is CCOC(=O)c1ccc(CC(=O)NC(C)C)cc1. The van der Waals surface area contributed by atoms with E-state index in [0.717, 1.165) is 5.56 Å². The third-order valence-corrected chi connectivity index (χ3v) is 2.28. The molecule has 1 amide bonds. The van der Waals surface area contributed by atoms with Gasteiger partial charge in [-0.3, -0.25) is 4.79 Å². The van der Waals surface area contributed by atoms with Gasteiger partial charge in [0.15, 0.2) is 0 Å². The number of amides is 1. The molecule has 0 spiro atoms. The molecule has 0 bridgehead atoms. The van der Waals surface area contributed by atoms with Crippen LogP contribution in [0.5, 0.6) is 0 Å². The zero-order valence-corrected chi connectivity index (χ0v) is 11.0. The van der Waals surface area contributed by atoms with E-state index < -0.39 is 0 Å². The molecule has 0 aliphatic heterocycles. The minimum absolute atomic E-state index is 0.0196. The van der Waals surface area contributed by atoms with Crippen LogP contribution in [-0.4, -0.2) is 24.5 Å². The second-order valence-corrected chi connectivity index (χ2v) is 4.32. The molecule has 1 N–H and O–H groups in total. The molecule has 0 unspecified atom stereocenters. The highest BCUT2D eigenvalue weighted by atomic mass is 16.5. The summed E-state index contributed by atoms with van der Waals surface area (Å²) in [6.07, 6.45) is 0.321. The molecule has 0 fully saturated rings. The van der Waals surface area contributed by atoms with Gasteiger partial charge in [-0.05, 0) is 38.5 Å². The quantitative estimate of drug-likeness (QED) is 0.811. The van der Waals surface area contributed by atoms with Gasteiger partial charge in [-0.2, -0.15) is 0 Å². The van der Waals surface area contributed by atoms with E-state index in [-0.39, 0.29) is 17.9 Å². The molecule has 0 saturated heterocycles. The van der Waals surface area contributed by atoms with Gasteiger partial charge in [-0.15, -0.1) is 0 Å². The lowest BCUT2D eigenvalue weighted by atomic mass is 10.1. The maximum Gasteiger partial charge on any atom is 0.338 e. The first-order chi connectivity index (χ1) is 8.52. The number of nitrogens with one attached hydrogen (secondary N) is 1. The molecule has 4 heteroatoms. The maximum atomic E-state index is 11.5. The van der Waals surface area contributed by atoms with E-state index in [1.807, 2.05) is 13.8 Å². The molecule has 0 aliphatic carbocycles. The number of ether oxygens (including phenoxy) is 1. The number of esters is 1. The van der Waals surface area contributed by atoms with Gasteiger partial charge in [0.1, 0.15) is 0 Å². The fraction of sp³-hybridized carbons (Fsp3) is 0.429. The van der Waals surface area contributed by atoms with E-state index in [4.69, 9.17) is 4.74 Å². The molecule has 18 heavy (non-hydrogen) atoms. The average molecular weight is 249 g/mol. The minimum atomic E-state index is -0.337. The van der Waals surface area contributed by atoms with Gasteiger partial charge in [0.2, 0.25) is 5.91 Å². The van der Waals surface area contributed by atoms with Crippen molar-refractivity contribution in [3.05, 3.63) is 35.4 Å². The summed E-state index contributed by atoms with van der Waals surface area (Å²) in [5.74, 6) is -0.357. The van der Waals surface area contributed by atoms with E-state index in [1.165, 1.54) is 0 Å². The zero-order valence-electron chi connectivity index (χ0n) is 11.0. The molecule has 98 valence electrons. The summed E-state index contributed by atoms with van der Waals surface area (Å²) in [5.41, 5.74) is 1.38. The first-order valence-corrected chi connectivity index (χ1v) is 6.08. The topological polar surface area (TPSA) is 55.4 Å². The minimum Gasteiger partial charge on any atom is -0.462 e. The monoisotopic (exact) mass is 249 g/mol. The summed E-state index contributed by atoms with van der Waals surface area (Å²) in [7, 11) is 0. The third kappa shape index (κ3) is 4.57. The van der Waals surface area contributed by atoms with Crippen molar-refractivity contribution in [1.29, 1.82) is 0 Å². The predicted octanol–water partition coefficient (Wildman–Crippen LogP) is 1.93. The summed E-state index contributed by atoms with van der Waals surface area (Å²) in [6, 6.07) is 7.03. The first-order valence-electron chi connectivity index (χ1n) is 6.08. The highest BCUT2D eigenvalue weighted by Gasteiger charge is 2.08. The van der Waals surface area contributed by atoms with E-state index in [1.54, 1.807) is 31.2 Å². The van der Waals surface area contributed by atoms with Crippen molar-refractivity contribution in [3.8, 4) is 0 Å². The molecule has 0 aliphatic rings. The summed E-state index contributed by atoms with van der Waals surface area (Å²) in [4.78, 5) is 23.0. The van der Waals surface area contributed by atoms with Crippen LogP contribution in [0.4, 0.5) is 0 Å². The summed E-state index contributed by atoms with van der Waals surface area (Å²) in [5, 5.41) is 2.82. The standard InChI is InChI=1S/C14H19NO3/c1-4-18-14(17)12-7-5-11(6-8-12)9-13(16)15-10(2)3/h5-8,10H,4,9H2,1-3H3,(H,15,16). The second kappa shape index (κ2) is 6.79. The van der Waals surface area contributed by atoms with Crippen LogP contribution in [0.25, 0.3) is 0 Å². The van der Waals surface area contributed by atoms with E-state index in [2.05, 4.69) is 5.32 Å². The lowest BCUT2D eigenvalue weighted by molar-refractivity contribution is -0.120. The van der Waals surface area contributed by atoms with Crippen molar-refractivity contribution in [2.24, 2.45) is 0 Å². The Labute approximate surface area is 107 Å². The Morgan fingerprint density at radius 1 is 1.22 bits per heavy atom. The van der Waals surface area contributed by atoms with Crippen LogP contribution in [-0.2, 0) is 16.0 Å². The highest BCUT2D eigenvalue weighted by molar-refractivity contribution is 5.89. The largest absolute Gasteiger partial charge is 0.462 e.